The molecule has 0 N–H and O–H groups in total. The van der Waals surface area contributed by atoms with Crippen molar-refractivity contribution in [2.24, 2.45) is 0 Å². The third kappa shape index (κ3) is 5.61. The van der Waals surface area contributed by atoms with E-state index in [1.165, 1.54) is 5.57 Å². The fourth-order valence-electron chi connectivity index (χ4n) is 0.484. The normalized spacial score (nSPS) is 7.78. The molecule has 0 fully saturated rings. The zero-order chi connectivity index (χ0) is 7.11. The van der Waals surface area contributed by atoms with Crippen molar-refractivity contribution in [3.8, 4) is 0 Å². The van der Waals surface area contributed by atoms with Crippen LogP contribution in [-0.4, -0.2) is 0 Å². The Morgan fingerprint density at radius 3 is 2.89 bits per heavy atom. The van der Waals surface area contributed by atoms with Crippen molar-refractivity contribution in [1.29, 1.82) is 0 Å². The minimum atomic E-state index is 1.04. The van der Waals surface area contributed by atoms with Crippen molar-refractivity contribution in [3.63, 3.8) is 0 Å². The van der Waals surface area contributed by atoms with Crippen LogP contribution in [0.5, 0.6) is 0 Å². The molecule has 0 amide bonds. The van der Waals surface area contributed by atoms with Gasteiger partial charge in [0.05, 0.1) is 0 Å². The third-order valence-corrected chi connectivity index (χ3v) is 1.25. The summed E-state index contributed by atoms with van der Waals surface area (Å²) in [6.45, 7) is 5.69. The van der Waals surface area contributed by atoms with Gasteiger partial charge in [0.2, 0.25) is 0 Å². The van der Waals surface area contributed by atoms with Crippen molar-refractivity contribution < 1.29 is 0 Å². The van der Waals surface area contributed by atoms with E-state index in [0.717, 1.165) is 12.8 Å². The first-order valence-corrected chi connectivity index (χ1v) is 3.84. The van der Waals surface area contributed by atoms with Crippen LogP contribution in [0.15, 0.2) is 28.9 Å². The SMILES string of the molecule is C=CCCC(C)=C=CBr. The molecule has 0 aliphatic heterocycles. The summed E-state index contributed by atoms with van der Waals surface area (Å²) in [4.78, 5) is 1.76. The summed E-state index contributed by atoms with van der Waals surface area (Å²) in [7, 11) is 0. The summed E-state index contributed by atoms with van der Waals surface area (Å²) in [5.74, 6) is 0. The maximum atomic E-state index is 3.63. The van der Waals surface area contributed by atoms with Crippen molar-refractivity contribution in [1.82, 2.24) is 0 Å². The van der Waals surface area contributed by atoms with E-state index in [0.29, 0.717) is 0 Å². The van der Waals surface area contributed by atoms with Crippen LogP contribution in [0.1, 0.15) is 19.8 Å². The smallest absolute Gasteiger partial charge is 0.0231 e. The monoisotopic (exact) mass is 186 g/mol. The van der Waals surface area contributed by atoms with E-state index in [4.69, 9.17) is 0 Å². The summed E-state index contributed by atoms with van der Waals surface area (Å²) in [5, 5.41) is 0. The van der Waals surface area contributed by atoms with Crippen molar-refractivity contribution >= 4 is 15.9 Å². The third-order valence-electron chi connectivity index (χ3n) is 1.02. The highest BCUT2D eigenvalue weighted by Gasteiger charge is 1.82. The summed E-state index contributed by atoms with van der Waals surface area (Å²) in [6.07, 6.45) is 4.02. The van der Waals surface area contributed by atoms with Crippen molar-refractivity contribution in [2.45, 2.75) is 19.8 Å². The van der Waals surface area contributed by atoms with Crippen LogP contribution < -0.4 is 0 Å². The lowest BCUT2D eigenvalue weighted by Gasteiger charge is -1.89. The van der Waals surface area contributed by atoms with Gasteiger partial charge in [0.15, 0.2) is 0 Å². The molecule has 1 heteroatoms. The molecule has 0 aliphatic rings. The van der Waals surface area contributed by atoms with Gasteiger partial charge in [-0.05, 0) is 25.3 Å². The van der Waals surface area contributed by atoms with Gasteiger partial charge in [0.1, 0.15) is 0 Å². The van der Waals surface area contributed by atoms with Crippen LogP contribution in [0.3, 0.4) is 0 Å². The first-order valence-electron chi connectivity index (χ1n) is 2.93. The van der Waals surface area contributed by atoms with Gasteiger partial charge >= 0.3 is 0 Å². The van der Waals surface area contributed by atoms with Crippen molar-refractivity contribution in [2.75, 3.05) is 0 Å². The molecule has 0 bridgehead atoms. The zero-order valence-electron chi connectivity index (χ0n) is 5.65. The number of allylic oxidation sites excluding steroid dienone is 2. The van der Waals surface area contributed by atoms with E-state index >= 15 is 0 Å². The molecular formula is C8H11Br. The average Bonchev–Trinajstić information content (AvgIpc) is 1.85. The predicted octanol–water partition coefficient (Wildman–Crippen LogP) is 3.41. The second kappa shape index (κ2) is 5.87. The van der Waals surface area contributed by atoms with Gasteiger partial charge in [0.25, 0.3) is 0 Å². The van der Waals surface area contributed by atoms with Crippen LogP contribution in [-0.2, 0) is 0 Å². The topological polar surface area (TPSA) is 0 Å². The molecule has 9 heavy (non-hydrogen) atoms. The van der Waals surface area contributed by atoms with Gasteiger partial charge in [-0.2, -0.15) is 0 Å². The van der Waals surface area contributed by atoms with Gasteiger partial charge in [-0.15, -0.1) is 12.3 Å². The van der Waals surface area contributed by atoms with E-state index in [1.807, 2.05) is 6.08 Å². The molecular weight excluding hydrogens is 176 g/mol. The van der Waals surface area contributed by atoms with Gasteiger partial charge in [-0.1, -0.05) is 22.0 Å². The molecule has 0 unspecified atom stereocenters. The Hall–Kier alpha value is -0.260. The summed E-state index contributed by atoms with van der Waals surface area (Å²) >= 11 is 3.16. The van der Waals surface area contributed by atoms with Crippen LogP contribution >= 0.6 is 15.9 Å². The Morgan fingerprint density at radius 1 is 1.78 bits per heavy atom. The molecule has 0 rings (SSSR count). The van der Waals surface area contributed by atoms with Gasteiger partial charge in [-0.25, -0.2) is 0 Å². The molecule has 0 aliphatic carbocycles. The summed E-state index contributed by atoms with van der Waals surface area (Å²) < 4.78 is 0. The van der Waals surface area contributed by atoms with E-state index in [1.54, 1.807) is 4.99 Å². The minimum absolute atomic E-state index is 1.04. The zero-order valence-corrected chi connectivity index (χ0v) is 7.24. The molecule has 0 atom stereocenters. The standard InChI is InChI=1S/C8H11Br/c1-3-4-5-8(2)6-7-9/h3,7H,1,4-5H2,2H3. The molecule has 0 radical (unpaired) electrons. The number of halogens is 1. The molecule has 0 heterocycles. The Morgan fingerprint density at radius 2 is 2.44 bits per heavy atom. The molecule has 50 valence electrons. The molecule has 0 aromatic carbocycles. The second-order valence-electron chi connectivity index (χ2n) is 1.86. The molecule has 0 aromatic rings. The molecule has 0 aromatic heterocycles. The maximum absolute atomic E-state index is 3.63. The van der Waals surface area contributed by atoms with E-state index in [2.05, 4.69) is 35.2 Å². The van der Waals surface area contributed by atoms with Gasteiger partial charge in [0, 0.05) is 4.99 Å². The Labute approximate surface area is 65.1 Å². The van der Waals surface area contributed by atoms with Crippen molar-refractivity contribution in [3.05, 3.63) is 28.9 Å². The Kier molecular flexibility index (Phi) is 5.70. The average molecular weight is 187 g/mol. The van der Waals surface area contributed by atoms with Crippen LogP contribution in [0, 0.1) is 0 Å². The highest BCUT2D eigenvalue weighted by molar-refractivity contribution is 9.11. The second-order valence-corrected chi connectivity index (χ2v) is 2.32. The molecule has 0 saturated carbocycles. The lowest BCUT2D eigenvalue weighted by Crippen LogP contribution is -1.70. The number of hydrogen-bond donors (Lipinski definition) is 0. The minimum Gasteiger partial charge on any atom is -0.114 e. The number of hydrogen-bond acceptors (Lipinski definition) is 0. The highest BCUT2D eigenvalue weighted by Crippen LogP contribution is 2.01. The predicted molar refractivity (Wildman–Crippen MR) is 45.6 cm³/mol. The van der Waals surface area contributed by atoms with E-state index in [9.17, 15) is 0 Å². The van der Waals surface area contributed by atoms with Gasteiger partial charge in [-0.3, -0.25) is 0 Å². The summed E-state index contributed by atoms with van der Waals surface area (Å²) in [6, 6.07) is 0. The fraction of sp³-hybridized carbons (Fsp3) is 0.375. The van der Waals surface area contributed by atoms with E-state index in [-0.39, 0.29) is 0 Å². The lowest BCUT2D eigenvalue weighted by atomic mass is 10.2. The first-order chi connectivity index (χ1) is 4.31. The molecule has 0 spiro atoms. The largest absolute Gasteiger partial charge is 0.114 e. The Balaban J connectivity index is 3.62. The fourth-order valence-corrected chi connectivity index (χ4v) is 0.875. The van der Waals surface area contributed by atoms with Gasteiger partial charge < -0.3 is 0 Å². The van der Waals surface area contributed by atoms with Crippen LogP contribution in [0.25, 0.3) is 0 Å². The van der Waals surface area contributed by atoms with Crippen LogP contribution in [0.2, 0.25) is 0 Å². The quantitative estimate of drug-likeness (QED) is 0.469. The molecule has 0 saturated heterocycles. The summed E-state index contributed by atoms with van der Waals surface area (Å²) in [5.41, 5.74) is 4.30. The van der Waals surface area contributed by atoms with Crippen LogP contribution in [0.4, 0.5) is 0 Å². The number of rotatable bonds is 3. The lowest BCUT2D eigenvalue weighted by molar-refractivity contribution is 0.984. The Bertz CT molecular complexity index is 139. The van der Waals surface area contributed by atoms with E-state index < -0.39 is 0 Å². The first kappa shape index (κ1) is 8.74. The maximum Gasteiger partial charge on any atom is 0.0231 e. The highest BCUT2D eigenvalue weighted by atomic mass is 79.9. The molecule has 0 nitrogen and oxygen atoms in total.